The van der Waals surface area contributed by atoms with Gasteiger partial charge < -0.3 is 9.13 Å². The molecule has 0 aliphatic carbocycles. The fourth-order valence-corrected chi connectivity index (χ4v) is 10.2. The summed E-state index contributed by atoms with van der Waals surface area (Å²) in [6, 6.07) is 65.9. The Morgan fingerprint density at radius 3 is 0.943 bits per heavy atom. The Balaban J connectivity index is 1.20. The van der Waals surface area contributed by atoms with Crippen LogP contribution in [-0.2, 0) is 0 Å². The van der Waals surface area contributed by atoms with Crippen LogP contribution >= 0.6 is 0 Å². The molecule has 0 aliphatic rings. The zero-order valence-corrected chi connectivity index (χ0v) is 40.0. The van der Waals surface area contributed by atoms with Crippen LogP contribution in [0.15, 0.2) is 182 Å². The largest absolute Gasteiger partial charge is 0.319 e. The molecule has 12 aromatic rings. The number of fused-ring (bicyclic) bond motifs is 6. The van der Waals surface area contributed by atoms with Crippen LogP contribution in [0.2, 0.25) is 0 Å². The summed E-state index contributed by atoms with van der Waals surface area (Å²) < 4.78 is 4.62. The minimum atomic E-state index is 0.501. The predicted octanol–water partition coefficient (Wildman–Crippen LogP) is 16.8. The molecule has 6 heteroatoms. The molecule has 6 nitrogen and oxygen atoms in total. The molecule has 0 spiro atoms. The molecule has 0 radical (unpaired) electrons. The van der Waals surface area contributed by atoms with E-state index in [-0.39, 0.29) is 0 Å². The van der Waals surface area contributed by atoms with Crippen molar-refractivity contribution in [2.24, 2.45) is 0 Å². The summed E-state index contributed by atoms with van der Waals surface area (Å²) in [5, 5.41) is 4.42. The van der Waals surface area contributed by atoms with Crippen LogP contribution in [0.25, 0.3) is 116 Å². The van der Waals surface area contributed by atoms with Gasteiger partial charge in [0.05, 0.1) is 34.3 Å². The lowest BCUT2D eigenvalue weighted by Crippen LogP contribution is -2.05. The van der Waals surface area contributed by atoms with E-state index in [9.17, 15) is 0 Å². The van der Waals surface area contributed by atoms with Crippen LogP contribution in [0, 0.1) is 48.1 Å². The summed E-state index contributed by atoms with van der Waals surface area (Å²) >= 11 is 0. The predicted molar refractivity (Wildman–Crippen MR) is 290 cm³/mol. The topological polar surface area (TPSA) is 52.9 Å². The minimum absolute atomic E-state index is 0.501. The van der Waals surface area contributed by atoms with Crippen molar-refractivity contribution >= 4 is 49.3 Å². The summed E-state index contributed by atoms with van der Waals surface area (Å²) in [5.74, 6) is 1.79. The second-order valence-electron chi connectivity index (χ2n) is 18.8. The first-order chi connectivity index (χ1) is 34.1. The highest BCUT2D eigenvalue weighted by molar-refractivity contribution is 6.13. The van der Waals surface area contributed by atoms with Crippen LogP contribution in [0.5, 0.6) is 0 Å². The van der Waals surface area contributed by atoms with Gasteiger partial charge in [0.25, 0.3) is 0 Å². The quantitative estimate of drug-likeness (QED) is 0.150. The van der Waals surface area contributed by atoms with E-state index in [2.05, 4.69) is 229 Å². The smallest absolute Gasteiger partial charge is 0.212 e. The molecule has 9 aromatic carbocycles. The highest BCUT2D eigenvalue weighted by Crippen LogP contribution is 2.45. The Bertz CT molecular complexity index is 3870. The Kier molecular flexibility index (Phi) is 10.1. The lowest BCUT2D eigenvalue weighted by Gasteiger charge is -2.19. The van der Waals surface area contributed by atoms with E-state index in [4.69, 9.17) is 16.5 Å². The zero-order valence-electron chi connectivity index (χ0n) is 40.0. The standard InChI is InChI=1S/C64H48N6/c1-38-8-16-44(17-9-38)48-24-28-52-53-29-25-49(45-18-10-39(2)11-19-45)33-59(53)69(58(52)32-48)62-37-57(65-7)63(36-56(62)64-67-42(5)66-43(6)68-64)70-60-34-50(46-20-12-40(3)13-21-46)26-30-54(60)55-31-27-51(35-61(55)70)47-22-14-41(4)15-23-47/h8-37H,1-6H3. The first kappa shape index (κ1) is 42.4. The molecule has 0 saturated heterocycles. The molecule has 70 heavy (non-hydrogen) atoms. The summed E-state index contributed by atoms with van der Waals surface area (Å²) in [6.07, 6.45) is 0. The van der Waals surface area contributed by atoms with E-state index in [1.165, 1.54) is 22.3 Å². The molecule has 0 N–H and O–H groups in total. The van der Waals surface area contributed by atoms with Crippen LogP contribution in [0.1, 0.15) is 33.9 Å². The number of rotatable bonds is 7. The van der Waals surface area contributed by atoms with Gasteiger partial charge in [-0.25, -0.2) is 19.8 Å². The fraction of sp³-hybridized carbons (Fsp3) is 0.0938. The van der Waals surface area contributed by atoms with Gasteiger partial charge in [-0.1, -0.05) is 168 Å². The molecule has 3 heterocycles. The molecule has 0 saturated carbocycles. The van der Waals surface area contributed by atoms with Crippen molar-refractivity contribution in [3.05, 3.63) is 227 Å². The van der Waals surface area contributed by atoms with Gasteiger partial charge in [-0.2, -0.15) is 0 Å². The van der Waals surface area contributed by atoms with Crippen molar-refractivity contribution in [1.29, 1.82) is 0 Å². The van der Waals surface area contributed by atoms with Gasteiger partial charge in [0.2, 0.25) is 5.69 Å². The highest BCUT2D eigenvalue weighted by atomic mass is 15.1. The van der Waals surface area contributed by atoms with E-state index >= 15 is 0 Å². The number of hydrogen-bond acceptors (Lipinski definition) is 3. The maximum Gasteiger partial charge on any atom is 0.212 e. The molecule has 3 aromatic heterocycles. The Morgan fingerprint density at radius 1 is 0.329 bits per heavy atom. The van der Waals surface area contributed by atoms with Gasteiger partial charge in [0, 0.05) is 32.8 Å². The van der Waals surface area contributed by atoms with Crippen LogP contribution < -0.4 is 0 Å². The van der Waals surface area contributed by atoms with Crippen LogP contribution in [-0.4, -0.2) is 24.1 Å². The van der Waals surface area contributed by atoms with Crippen LogP contribution in [0.3, 0.4) is 0 Å². The summed E-state index contributed by atoms with van der Waals surface area (Å²) in [6.45, 7) is 21.4. The Hall–Kier alpha value is -8.92. The lowest BCUT2D eigenvalue weighted by molar-refractivity contribution is 0.926. The zero-order chi connectivity index (χ0) is 47.8. The second kappa shape index (κ2) is 16.7. The van der Waals surface area contributed by atoms with Crippen molar-refractivity contribution < 1.29 is 0 Å². The van der Waals surface area contributed by atoms with E-state index < -0.39 is 0 Å². The number of benzene rings is 9. The van der Waals surface area contributed by atoms with Crippen molar-refractivity contribution in [2.75, 3.05) is 0 Å². The molecule has 0 unspecified atom stereocenters. The normalized spacial score (nSPS) is 11.6. The first-order valence-corrected chi connectivity index (χ1v) is 23.8. The van der Waals surface area contributed by atoms with Crippen LogP contribution in [0.4, 0.5) is 5.69 Å². The molecule has 0 fully saturated rings. The summed E-state index contributed by atoms with van der Waals surface area (Å²) in [4.78, 5) is 19.2. The molecule has 334 valence electrons. The average Bonchev–Trinajstić information content (AvgIpc) is 3.87. The van der Waals surface area contributed by atoms with E-state index in [0.717, 1.165) is 105 Å². The van der Waals surface area contributed by atoms with Crippen molar-refractivity contribution in [1.82, 2.24) is 24.1 Å². The highest BCUT2D eigenvalue weighted by Gasteiger charge is 2.24. The maximum atomic E-state index is 9.08. The molecule has 0 atom stereocenters. The SMILES string of the molecule is [C-]#[N+]c1cc(-n2c3cc(-c4ccc(C)cc4)ccc3c3ccc(-c4ccc(C)cc4)cc32)c(-c2nc(C)nc(C)n2)cc1-n1c2cc(-c3ccc(C)cc3)ccc2c2ccc(-c3ccc(C)cc3)cc21. The van der Waals surface area contributed by atoms with Crippen molar-refractivity contribution in [3.63, 3.8) is 0 Å². The summed E-state index contributed by atoms with van der Waals surface area (Å²) in [7, 11) is 0. The third-order valence-electron chi connectivity index (χ3n) is 13.9. The first-order valence-electron chi connectivity index (χ1n) is 23.8. The Labute approximate surface area is 407 Å². The number of aryl methyl sites for hydroxylation is 6. The molecule has 0 amide bonds. The number of nitrogens with zero attached hydrogens (tertiary/aromatic N) is 6. The van der Waals surface area contributed by atoms with Crippen molar-refractivity contribution in [2.45, 2.75) is 41.5 Å². The van der Waals surface area contributed by atoms with Gasteiger partial charge in [0.1, 0.15) is 11.6 Å². The third-order valence-corrected chi connectivity index (χ3v) is 13.9. The monoisotopic (exact) mass is 900 g/mol. The van der Waals surface area contributed by atoms with Gasteiger partial charge in [-0.3, -0.25) is 0 Å². The van der Waals surface area contributed by atoms with E-state index in [0.29, 0.717) is 23.2 Å². The van der Waals surface area contributed by atoms with E-state index in [1.54, 1.807) is 0 Å². The van der Waals surface area contributed by atoms with Crippen molar-refractivity contribution in [3.8, 4) is 67.3 Å². The summed E-state index contributed by atoms with van der Waals surface area (Å²) in [5.41, 5.74) is 20.6. The second-order valence-corrected chi connectivity index (χ2v) is 18.8. The fourth-order valence-electron chi connectivity index (χ4n) is 10.2. The third kappa shape index (κ3) is 7.31. The maximum absolute atomic E-state index is 9.08. The molecule has 12 rings (SSSR count). The lowest BCUT2D eigenvalue weighted by atomic mass is 10.0. The number of hydrogen-bond donors (Lipinski definition) is 0. The van der Waals surface area contributed by atoms with Gasteiger partial charge in [-0.15, -0.1) is 0 Å². The molecular formula is C64H48N6. The molecule has 0 bridgehead atoms. The van der Waals surface area contributed by atoms with Gasteiger partial charge in [-0.05, 0) is 122 Å². The molecular weight excluding hydrogens is 853 g/mol. The Morgan fingerprint density at radius 2 is 0.629 bits per heavy atom. The van der Waals surface area contributed by atoms with E-state index in [1.807, 2.05) is 13.8 Å². The molecule has 0 aliphatic heterocycles. The average molecular weight is 901 g/mol. The number of aromatic nitrogens is 5. The minimum Gasteiger partial charge on any atom is -0.319 e. The van der Waals surface area contributed by atoms with Gasteiger partial charge in [0.15, 0.2) is 5.82 Å². The van der Waals surface area contributed by atoms with Gasteiger partial charge >= 0.3 is 0 Å².